The lowest BCUT2D eigenvalue weighted by Crippen LogP contribution is -2.33. The average Bonchev–Trinajstić information content (AvgIpc) is 2.36. The number of hydrogen-bond acceptors (Lipinski definition) is 4. The van der Waals surface area contributed by atoms with Crippen LogP contribution in [0.1, 0.15) is 19.3 Å². The molecule has 0 amide bonds. The van der Waals surface area contributed by atoms with E-state index in [0.29, 0.717) is 0 Å². The van der Waals surface area contributed by atoms with Gasteiger partial charge in [0.05, 0.1) is 0 Å². The molecule has 8 heteroatoms. The smallest absolute Gasteiger partial charge is 0.246 e. The fourth-order valence-corrected chi connectivity index (χ4v) is 4.62. The zero-order valence-electron chi connectivity index (χ0n) is 10.7. The molecule has 0 saturated carbocycles. The Bertz CT molecular complexity index is 564. The fraction of sp³-hybridized carbons (Fsp3) is 0.500. The molecule has 1 aliphatic rings. The van der Waals surface area contributed by atoms with E-state index in [1.54, 1.807) is 11.8 Å². The Hall–Kier alpha value is -0.860. The van der Waals surface area contributed by atoms with Gasteiger partial charge in [-0.1, -0.05) is 6.42 Å². The first-order valence-electron chi connectivity index (χ1n) is 6.26. The van der Waals surface area contributed by atoms with Crippen molar-refractivity contribution < 1.29 is 17.2 Å². The van der Waals surface area contributed by atoms with Crippen molar-refractivity contribution in [1.82, 2.24) is 4.72 Å². The zero-order chi connectivity index (χ0) is 14.8. The van der Waals surface area contributed by atoms with Crippen molar-refractivity contribution in [2.45, 2.75) is 29.4 Å². The molecule has 3 N–H and O–H groups in total. The maximum absolute atomic E-state index is 13.6. The van der Waals surface area contributed by atoms with Gasteiger partial charge in [-0.3, -0.25) is 0 Å². The van der Waals surface area contributed by atoms with Gasteiger partial charge in [-0.2, -0.15) is 11.8 Å². The summed E-state index contributed by atoms with van der Waals surface area (Å²) in [5.74, 6) is -1.37. The molecule has 1 aliphatic heterocycles. The van der Waals surface area contributed by atoms with Crippen LogP contribution in [0.3, 0.4) is 0 Å². The third-order valence-corrected chi connectivity index (χ3v) is 5.94. The van der Waals surface area contributed by atoms with E-state index in [4.69, 9.17) is 5.73 Å². The van der Waals surface area contributed by atoms with Crippen LogP contribution < -0.4 is 10.5 Å². The number of nitrogens with one attached hydrogen (secondary N) is 1. The van der Waals surface area contributed by atoms with E-state index < -0.39 is 26.6 Å². The summed E-state index contributed by atoms with van der Waals surface area (Å²) in [5, 5.41) is 0.151. The van der Waals surface area contributed by atoms with Crippen molar-refractivity contribution in [3.8, 4) is 0 Å². The molecule has 0 aromatic heterocycles. The van der Waals surface area contributed by atoms with Crippen LogP contribution >= 0.6 is 11.8 Å². The number of hydrogen-bond donors (Lipinski definition) is 2. The first-order valence-corrected chi connectivity index (χ1v) is 8.79. The number of sulfonamides is 1. The highest BCUT2D eigenvalue weighted by molar-refractivity contribution is 8.00. The molecule has 0 spiro atoms. The van der Waals surface area contributed by atoms with Crippen molar-refractivity contribution >= 4 is 27.5 Å². The van der Waals surface area contributed by atoms with E-state index in [2.05, 4.69) is 4.72 Å². The number of thioether (sulfide) groups is 1. The second kappa shape index (κ2) is 6.28. The van der Waals surface area contributed by atoms with Crippen LogP contribution in [0, 0.1) is 11.6 Å². The monoisotopic (exact) mass is 322 g/mol. The van der Waals surface area contributed by atoms with Gasteiger partial charge < -0.3 is 5.73 Å². The second-order valence-electron chi connectivity index (χ2n) is 4.65. The summed E-state index contributed by atoms with van der Waals surface area (Å²) in [7, 11) is -4.21. The van der Waals surface area contributed by atoms with Crippen LogP contribution in [-0.2, 0) is 10.0 Å². The zero-order valence-corrected chi connectivity index (χ0v) is 12.4. The number of nitrogen functional groups attached to an aromatic ring is 1. The molecule has 1 saturated heterocycles. The maximum atomic E-state index is 13.6. The lowest BCUT2D eigenvalue weighted by atomic mass is 10.2. The first-order chi connectivity index (χ1) is 9.40. The first kappa shape index (κ1) is 15.5. The highest BCUT2D eigenvalue weighted by Crippen LogP contribution is 2.26. The number of benzene rings is 1. The van der Waals surface area contributed by atoms with Crippen LogP contribution in [0.15, 0.2) is 17.0 Å². The summed E-state index contributed by atoms with van der Waals surface area (Å²) in [6, 6.07) is 1.60. The lowest BCUT2D eigenvalue weighted by Gasteiger charge is -2.21. The summed E-state index contributed by atoms with van der Waals surface area (Å²) in [6.45, 7) is 0.177. The molecular formula is C12H16F2N2O2S2. The van der Waals surface area contributed by atoms with Gasteiger partial charge >= 0.3 is 0 Å². The van der Waals surface area contributed by atoms with Crippen molar-refractivity contribution in [3.63, 3.8) is 0 Å². The largest absolute Gasteiger partial charge is 0.399 e. The molecule has 1 atom stereocenters. The van der Waals surface area contributed by atoms with Crippen molar-refractivity contribution in [2.24, 2.45) is 0 Å². The van der Waals surface area contributed by atoms with E-state index in [0.717, 1.165) is 37.1 Å². The van der Waals surface area contributed by atoms with Gasteiger partial charge in [0.15, 0.2) is 4.90 Å². The minimum atomic E-state index is -4.21. The minimum Gasteiger partial charge on any atom is -0.399 e. The Morgan fingerprint density at radius 2 is 1.95 bits per heavy atom. The molecule has 1 aromatic carbocycles. The Balaban J connectivity index is 2.14. The predicted octanol–water partition coefficient (Wildman–Crippen LogP) is 2.11. The number of halogens is 2. The molecule has 1 aromatic rings. The molecule has 20 heavy (non-hydrogen) atoms. The summed E-state index contributed by atoms with van der Waals surface area (Å²) in [4.78, 5) is -0.965. The van der Waals surface area contributed by atoms with Crippen molar-refractivity contribution in [2.75, 3.05) is 18.0 Å². The molecule has 1 unspecified atom stereocenters. The average molecular weight is 322 g/mol. The Morgan fingerprint density at radius 1 is 1.30 bits per heavy atom. The Kier molecular flexibility index (Phi) is 4.87. The summed E-state index contributed by atoms with van der Waals surface area (Å²) in [6.07, 6.45) is 3.07. The molecule has 0 radical (unpaired) electrons. The van der Waals surface area contributed by atoms with Gasteiger partial charge in [0.25, 0.3) is 0 Å². The van der Waals surface area contributed by atoms with Crippen molar-refractivity contribution in [1.29, 1.82) is 0 Å². The van der Waals surface area contributed by atoms with Gasteiger partial charge in [-0.25, -0.2) is 21.9 Å². The molecule has 1 heterocycles. The molecule has 112 valence electrons. The number of nitrogens with two attached hydrogens (primary N) is 1. The number of anilines is 1. The van der Waals surface area contributed by atoms with E-state index >= 15 is 0 Å². The van der Waals surface area contributed by atoms with Gasteiger partial charge in [0.1, 0.15) is 11.6 Å². The standard InChI is InChI=1S/C12H16F2N2O2S2/c13-10-5-8(15)6-11(14)12(10)20(17,18)16-7-9-3-1-2-4-19-9/h5-6,9,16H,1-4,7,15H2. The summed E-state index contributed by atoms with van der Waals surface area (Å²) >= 11 is 1.68. The third-order valence-electron chi connectivity index (χ3n) is 3.06. The van der Waals surface area contributed by atoms with Gasteiger partial charge in [-0.05, 0) is 30.7 Å². The normalized spacial score (nSPS) is 20.0. The van der Waals surface area contributed by atoms with E-state index in [9.17, 15) is 17.2 Å². The van der Waals surface area contributed by atoms with Gasteiger partial charge in [0, 0.05) is 17.5 Å². The minimum absolute atomic E-state index is 0.151. The van der Waals surface area contributed by atoms with E-state index in [1.165, 1.54) is 0 Å². The lowest BCUT2D eigenvalue weighted by molar-refractivity contribution is 0.513. The molecule has 0 bridgehead atoms. The van der Waals surface area contributed by atoms with E-state index in [1.807, 2.05) is 0 Å². The molecule has 4 nitrogen and oxygen atoms in total. The third kappa shape index (κ3) is 3.62. The van der Waals surface area contributed by atoms with Crippen LogP contribution in [0.5, 0.6) is 0 Å². The van der Waals surface area contributed by atoms with Crippen LogP contribution in [0.4, 0.5) is 14.5 Å². The Morgan fingerprint density at radius 3 is 2.50 bits per heavy atom. The van der Waals surface area contributed by atoms with Crippen LogP contribution in [0.25, 0.3) is 0 Å². The summed E-state index contributed by atoms with van der Waals surface area (Å²) in [5.41, 5.74) is 5.11. The molecule has 1 fully saturated rings. The molecule has 2 rings (SSSR count). The summed E-state index contributed by atoms with van der Waals surface area (Å²) < 4.78 is 53.5. The maximum Gasteiger partial charge on any atom is 0.246 e. The highest BCUT2D eigenvalue weighted by atomic mass is 32.2. The molecule has 0 aliphatic carbocycles. The second-order valence-corrected chi connectivity index (χ2v) is 7.77. The molecular weight excluding hydrogens is 306 g/mol. The quantitative estimate of drug-likeness (QED) is 0.833. The highest BCUT2D eigenvalue weighted by Gasteiger charge is 2.26. The Labute approximate surface area is 121 Å². The van der Waals surface area contributed by atoms with Crippen LogP contribution in [-0.4, -0.2) is 26.0 Å². The van der Waals surface area contributed by atoms with Gasteiger partial charge in [-0.15, -0.1) is 0 Å². The predicted molar refractivity (Wildman–Crippen MR) is 76.1 cm³/mol. The topological polar surface area (TPSA) is 72.2 Å². The fourth-order valence-electron chi connectivity index (χ4n) is 2.08. The van der Waals surface area contributed by atoms with Crippen molar-refractivity contribution in [3.05, 3.63) is 23.8 Å². The van der Waals surface area contributed by atoms with E-state index in [-0.39, 0.29) is 17.5 Å². The van der Waals surface area contributed by atoms with Gasteiger partial charge in [0.2, 0.25) is 10.0 Å². The van der Waals surface area contributed by atoms with Crippen LogP contribution in [0.2, 0.25) is 0 Å². The SMILES string of the molecule is Nc1cc(F)c(S(=O)(=O)NCC2CCCCS2)c(F)c1. The number of rotatable bonds is 4.